The van der Waals surface area contributed by atoms with Crippen molar-refractivity contribution in [2.24, 2.45) is 11.7 Å². The lowest BCUT2D eigenvalue weighted by atomic mass is 10.1. The number of nitrogens with two attached hydrogens (primary N) is 1. The molecule has 1 aromatic rings. The molecule has 0 saturated heterocycles. The van der Waals surface area contributed by atoms with Gasteiger partial charge in [-0.25, -0.2) is 0 Å². The van der Waals surface area contributed by atoms with E-state index >= 15 is 0 Å². The van der Waals surface area contributed by atoms with Crippen LogP contribution >= 0.6 is 24.8 Å². The SMILES string of the molecule is CC(C)[C@H](N)C(=O)NCC(=O)NCC(C)N1CCc2ccccc21.Cl.Cl. The standard InChI is InChI=1S/C18H28N4O2.2ClH/c1-12(2)17(19)18(24)21-11-16(23)20-10-13(3)22-9-8-14-6-4-5-7-15(14)22;;/h4-7,12-13,17H,8-11,19H2,1-3H3,(H,20,23)(H,21,24);2*1H/t13?,17-;;/m0../s1. The van der Waals surface area contributed by atoms with Crippen molar-refractivity contribution in [3.63, 3.8) is 0 Å². The molecule has 26 heavy (non-hydrogen) atoms. The molecule has 4 N–H and O–H groups in total. The Bertz CT molecular complexity index is 598. The fourth-order valence-corrected chi connectivity index (χ4v) is 2.84. The van der Waals surface area contributed by atoms with Crippen LogP contribution in [0.5, 0.6) is 0 Å². The first-order valence-electron chi connectivity index (χ1n) is 8.54. The van der Waals surface area contributed by atoms with Gasteiger partial charge in [-0.15, -0.1) is 24.8 Å². The Morgan fingerprint density at radius 3 is 2.46 bits per heavy atom. The molecule has 8 heteroatoms. The van der Waals surface area contributed by atoms with Crippen LogP contribution in [0, 0.1) is 5.92 Å². The van der Waals surface area contributed by atoms with E-state index in [0.717, 1.165) is 13.0 Å². The highest BCUT2D eigenvalue weighted by atomic mass is 35.5. The number of para-hydroxylation sites is 1. The van der Waals surface area contributed by atoms with Gasteiger partial charge in [0.2, 0.25) is 11.8 Å². The number of nitrogens with zero attached hydrogens (tertiary/aromatic N) is 1. The third-order valence-electron chi connectivity index (χ3n) is 4.49. The number of carbonyl (C=O) groups excluding carboxylic acids is 2. The zero-order valence-electron chi connectivity index (χ0n) is 15.5. The molecular formula is C18H30Cl2N4O2. The third kappa shape index (κ3) is 6.34. The number of carbonyl (C=O) groups is 2. The molecule has 0 aromatic heterocycles. The first-order chi connectivity index (χ1) is 11.4. The van der Waals surface area contributed by atoms with Crippen molar-refractivity contribution >= 4 is 42.3 Å². The number of hydrogen-bond acceptors (Lipinski definition) is 4. The largest absolute Gasteiger partial charge is 0.366 e. The molecule has 1 aromatic carbocycles. The Balaban J connectivity index is 0.00000312. The van der Waals surface area contributed by atoms with Gasteiger partial charge in [-0.05, 0) is 30.9 Å². The van der Waals surface area contributed by atoms with E-state index in [4.69, 9.17) is 5.73 Å². The Kier molecular flexibility index (Phi) is 10.6. The molecule has 1 aliphatic heterocycles. The van der Waals surface area contributed by atoms with Crippen LogP contribution in [0.15, 0.2) is 24.3 Å². The number of benzene rings is 1. The molecule has 1 unspecified atom stereocenters. The van der Waals surface area contributed by atoms with Gasteiger partial charge < -0.3 is 21.3 Å². The molecule has 1 heterocycles. The average molecular weight is 405 g/mol. The molecule has 0 radical (unpaired) electrons. The normalized spacial score (nSPS) is 14.6. The molecule has 2 rings (SSSR count). The predicted octanol–water partition coefficient (Wildman–Crippen LogP) is 1.50. The average Bonchev–Trinajstić information content (AvgIpc) is 3.00. The van der Waals surface area contributed by atoms with Crippen molar-refractivity contribution in [1.82, 2.24) is 10.6 Å². The van der Waals surface area contributed by atoms with Gasteiger partial charge in [0.25, 0.3) is 0 Å². The lowest BCUT2D eigenvalue weighted by Crippen LogP contribution is -2.48. The zero-order valence-corrected chi connectivity index (χ0v) is 17.2. The number of nitrogens with one attached hydrogen (secondary N) is 2. The summed E-state index contributed by atoms with van der Waals surface area (Å²) < 4.78 is 0. The van der Waals surface area contributed by atoms with Crippen LogP contribution in [-0.4, -0.2) is 43.5 Å². The molecule has 0 aliphatic carbocycles. The van der Waals surface area contributed by atoms with Gasteiger partial charge in [-0.2, -0.15) is 0 Å². The molecule has 2 atom stereocenters. The van der Waals surface area contributed by atoms with E-state index in [-0.39, 0.29) is 55.1 Å². The van der Waals surface area contributed by atoms with Gasteiger partial charge in [0.15, 0.2) is 0 Å². The van der Waals surface area contributed by atoms with E-state index in [2.05, 4.69) is 40.7 Å². The highest BCUT2D eigenvalue weighted by Gasteiger charge is 2.23. The smallest absolute Gasteiger partial charge is 0.239 e. The first-order valence-corrected chi connectivity index (χ1v) is 8.54. The van der Waals surface area contributed by atoms with E-state index in [1.54, 1.807) is 0 Å². The van der Waals surface area contributed by atoms with E-state index in [9.17, 15) is 9.59 Å². The quantitative estimate of drug-likeness (QED) is 0.642. The van der Waals surface area contributed by atoms with Gasteiger partial charge >= 0.3 is 0 Å². The van der Waals surface area contributed by atoms with E-state index in [0.29, 0.717) is 6.54 Å². The van der Waals surface area contributed by atoms with Crippen LogP contribution < -0.4 is 21.3 Å². The summed E-state index contributed by atoms with van der Waals surface area (Å²) in [5.41, 5.74) is 8.34. The maximum absolute atomic E-state index is 11.9. The number of rotatable bonds is 7. The first kappa shape index (κ1) is 24.5. The molecule has 6 nitrogen and oxygen atoms in total. The van der Waals surface area contributed by atoms with Crippen molar-refractivity contribution in [3.8, 4) is 0 Å². The molecule has 0 spiro atoms. The maximum atomic E-state index is 11.9. The molecule has 0 fully saturated rings. The molecule has 0 bridgehead atoms. The summed E-state index contributed by atoms with van der Waals surface area (Å²) in [7, 11) is 0. The predicted molar refractivity (Wildman–Crippen MR) is 110 cm³/mol. The van der Waals surface area contributed by atoms with E-state index in [1.807, 2.05) is 19.9 Å². The lowest BCUT2D eigenvalue weighted by molar-refractivity contribution is -0.127. The Morgan fingerprint density at radius 2 is 1.81 bits per heavy atom. The summed E-state index contributed by atoms with van der Waals surface area (Å²) in [5.74, 6) is -0.441. The molecule has 148 valence electrons. The summed E-state index contributed by atoms with van der Waals surface area (Å²) in [4.78, 5) is 26.0. The minimum Gasteiger partial charge on any atom is -0.366 e. The van der Waals surface area contributed by atoms with Crippen molar-refractivity contribution in [1.29, 1.82) is 0 Å². The second-order valence-corrected chi connectivity index (χ2v) is 6.71. The lowest BCUT2D eigenvalue weighted by Gasteiger charge is -2.27. The van der Waals surface area contributed by atoms with Crippen LogP contribution in [-0.2, 0) is 16.0 Å². The fraction of sp³-hybridized carbons (Fsp3) is 0.556. The van der Waals surface area contributed by atoms with E-state index < -0.39 is 6.04 Å². The monoisotopic (exact) mass is 404 g/mol. The van der Waals surface area contributed by atoms with Crippen molar-refractivity contribution in [2.45, 2.75) is 39.3 Å². The number of halogens is 2. The number of anilines is 1. The van der Waals surface area contributed by atoms with Crippen LogP contribution in [0.2, 0.25) is 0 Å². The zero-order chi connectivity index (χ0) is 17.7. The Hall–Kier alpha value is -1.50. The summed E-state index contributed by atoms with van der Waals surface area (Å²) in [6.45, 7) is 7.31. The summed E-state index contributed by atoms with van der Waals surface area (Å²) >= 11 is 0. The molecule has 1 aliphatic rings. The number of amides is 2. The second kappa shape index (κ2) is 11.3. The highest BCUT2D eigenvalue weighted by Crippen LogP contribution is 2.28. The van der Waals surface area contributed by atoms with Gasteiger partial charge in [0.05, 0.1) is 12.6 Å². The van der Waals surface area contributed by atoms with Crippen LogP contribution in [0.25, 0.3) is 0 Å². The number of fused-ring (bicyclic) bond motifs is 1. The van der Waals surface area contributed by atoms with Gasteiger partial charge in [-0.3, -0.25) is 9.59 Å². The van der Waals surface area contributed by atoms with Crippen molar-refractivity contribution < 1.29 is 9.59 Å². The molecular weight excluding hydrogens is 375 g/mol. The van der Waals surface area contributed by atoms with E-state index in [1.165, 1.54) is 11.3 Å². The van der Waals surface area contributed by atoms with Crippen molar-refractivity contribution in [3.05, 3.63) is 29.8 Å². The van der Waals surface area contributed by atoms with Crippen LogP contribution in [0.1, 0.15) is 26.3 Å². The summed E-state index contributed by atoms with van der Waals surface area (Å²) in [6.07, 6.45) is 1.04. The highest BCUT2D eigenvalue weighted by molar-refractivity contribution is 5.87. The summed E-state index contributed by atoms with van der Waals surface area (Å²) in [5, 5.41) is 5.46. The minimum absolute atomic E-state index is 0. The van der Waals surface area contributed by atoms with Gasteiger partial charge in [-0.1, -0.05) is 32.0 Å². The second-order valence-electron chi connectivity index (χ2n) is 6.71. The third-order valence-corrected chi connectivity index (χ3v) is 4.49. The molecule has 0 saturated carbocycles. The van der Waals surface area contributed by atoms with Gasteiger partial charge in [0.1, 0.15) is 0 Å². The van der Waals surface area contributed by atoms with Crippen LogP contribution in [0.4, 0.5) is 5.69 Å². The van der Waals surface area contributed by atoms with Crippen molar-refractivity contribution in [2.75, 3.05) is 24.5 Å². The van der Waals surface area contributed by atoms with Gasteiger partial charge in [0, 0.05) is 24.8 Å². The summed E-state index contributed by atoms with van der Waals surface area (Å²) in [6, 6.07) is 7.97. The fourth-order valence-electron chi connectivity index (χ4n) is 2.84. The molecule has 2 amide bonds. The Morgan fingerprint density at radius 1 is 1.15 bits per heavy atom. The van der Waals surface area contributed by atoms with Crippen LogP contribution in [0.3, 0.4) is 0 Å². The Labute approximate surface area is 168 Å². The number of hydrogen-bond donors (Lipinski definition) is 3. The topological polar surface area (TPSA) is 87.5 Å². The maximum Gasteiger partial charge on any atom is 0.239 e. The minimum atomic E-state index is -0.585.